The van der Waals surface area contributed by atoms with Gasteiger partial charge in [-0.05, 0) is 86.7 Å². The number of carboxylic acids is 1. The zero-order valence-corrected chi connectivity index (χ0v) is 35.3. The zero-order valence-electron chi connectivity index (χ0n) is 35.3. The number of allylic oxidation sites excluding steroid dienone is 1. The van der Waals surface area contributed by atoms with E-state index < -0.39 is 76.5 Å². The van der Waals surface area contributed by atoms with Gasteiger partial charge in [0.05, 0.1) is 37.5 Å². The van der Waals surface area contributed by atoms with E-state index in [9.17, 15) is 35.1 Å². The Hall–Kier alpha value is -3.48. The van der Waals surface area contributed by atoms with Gasteiger partial charge < -0.3 is 54.2 Å². The van der Waals surface area contributed by atoms with E-state index in [0.29, 0.717) is 50.4 Å². The SMILES string of the molecule is COC(=O)C1=C[C@H]2[C@@H]3CC=C[C@@H]([C@@H]2O[C@]24O[C@@]5(COCCC3)[C@H](C#CC[C@H](CO)CC3=c6[nH]c([C@H](C)C7CCCCC7)cc6=C6CC[C@@]2(O)[C@@H](O)[C@@]65O3)C[C@@H]4O)[C@@H]1CC(=O)O. The van der Waals surface area contributed by atoms with Crippen LogP contribution in [0.4, 0.5) is 0 Å². The minimum atomic E-state index is -2.25. The van der Waals surface area contributed by atoms with Crippen LogP contribution in [0.3, 0.4) is 0 Å². The van der Waals surface area contributed by atoms with Crippen molar-refractivity contribution in [2.45, 2.75) is 144 Å². The Balaban J connectivity index is 1.19. The number of aromatic amines is 1. The number of fused-ring (bicyclic) bond motifs is 3. The van der Waals surface area contributed by atoms with Gasteiger partial charge in [0.25, 0.3) is 0 Å². The molecule has 0 unspecified atom stereocenters. The molecule has 6 N–H and O–H groups in total. The summed E-state index contributed by atoms with van der Waals surface area (Å²) in [5.74, 6) is 0.992. The van der Waals surface area contributed by atoms with Crippen molar-refractivity contribution in [1.29, 1.82) is 0 Å². The molecule has 14 atom stereocenters. The smallest absolute Gasteiger partial charge is 0.333 e. The third-order valence-corrected chi connectivity index (χ3v) is 16.7. The number of carbonyl (C=O) groups excluding carboxylic acids is 1. The van der Waals surface area contributed by atoms with E-state index in [1.807, 2.05) is 12.2 Å². The molecule has 1 aromatic rings. The van der Waals surface area contributed by atoms with Crippen LogP contribution in [0.25, 0.3) is 11.3 Å². The summed E-state index contributed by atoms with van der Waals surface area (Å²) < 4.78 is 34.2. The van der Waals surface area contributed by atoms with Gasteiger partial charge in [0.2, 0.25) is 5.79 Å². The third kappa shape index (κ3) is 5.99. The summed E-state index contributed by atoms with van der Waals surface area (Å²) in [4.78, 5) is 29.7. The fraction of sp³-hybridized carbons (Fsp3) is 0.708. The summed E-state index contributed by atoms with van der Waals surface area (Å²) in [5, 5.41) is 62.2. The van der Waals surface area contributed by atoms with Crippen molar-refractivity contribution in [3.63, 3.8) is 0 Å². The topological polar surface area (TPSA) is 197 Å². The highest BCUT2D eigenvalue weighted by Gasteiger charge is 2.85. The number of methoxy groups -OCH3 is 1. The van der Waals surface area contributed by atoms with Crippen LogP contribution < -0.4 is 10.6 Å². The molecule has 2 spiro atoms. The predicted molar refractivity (Wildman–Crippen MR) is 219 cm³/mol. The van der Waals surface area contributed by atoms with Crippen LogP contribution in [0.1, 0.15) is 108 Å². The third-order valence-electron chi connectivity index (χ3n) is 16.7. The number of hydrogen-bond donors (Lipinski definition) is 6. The number of carbonyl (C=O) groups is 2. The Bertz CT molecular complexity index is 2200. The number of aliphatic carboxylic acids is 1. The van der Waals surface area contributed by atoms with Gasteiger partial charge in [-0.25, -0.2) is 4.79 Å². The highest BCUT2D eigenvalue weighted by Crippen LogP contribution is 2.67. The number of hydrogen-bond acceptors (Lipinski definition) is 11. The lowest BCUT2D eigenvalue weighted by molar-refractivity contribution is -0.495. The van der Waals surface area contributed by atoms with E-state index in [1.54, 1.807) is 6.08 Å². The van der Waals surface area contributed by atoms with Crippen LogP contribution in [0.5, 0.6) is 0 Å². The van der Waals surface area contributed by atoms with Crippen molar-refractivity contribution in [2.75, 3.05) is 26.9 Å². The molecule has 330 valence electrons. The Kier molecular flexibility index (Phi) is 10.5. The minimum Gasteiger partial charge on any atom is -0.481 e. The molecular formula is C48H61NO12. The molecule has 0 radical (unpaired) electrons. The minimum absolute atomic E-state index is 0.0179. The molecule has 13 heteroatoms. The Labute approximate surface area is 356 Å². The summed E-state index contributed by atoms with van der Waals surface area (Å²) in [6, 6.07) is 2.21. The van der Waals surface area contributed by atoms with Crippen molar-refractivity contribution >= 4 is 23.3 Å². The average Bonchev–Trinajstić information content (AvgIpc) is 3.66. The Morgan fingerprint density at radius 1 is 1.11 bits per heavy atom. The van der Waals surface area contributed by atoms with Crippen LogP contribution in [0.15, 0.2) is 29.9 Å². The standard InChI is InChI=1S/C48H61NO12/c1-26(28-10-4-3-5-11-28)37-22-35-36-16-17-45(56)44(55)47(36)46-25-58-18-8-13-29-12-7-15-31-33(23-40(52)53)34(43(54)57-2)21-32(29)42(31)60-48(45,61-46)39(51)20-30(46)14-6-9-27(24-50)19-38(59-47)41(35)49-37/h7,15,21-22,26-33,39,42,44,49-51,55-56H,3-5,8-13,16-20,23-25H2,1-2H3,(H,52,53)/t26-,27+,29-,30-,31-,32+,33+,39+,42+,44-,45-,46+,47+,48-/m1/s1. The molecule has 6 heterocycles. The Morgan fingerprint density at radius 3 is 2.70 bits per heavy atom. The maximum Gasteiger partial charge on any atom is 0.333 e. The highest BCUT2D eigenvalue weighted by molar-refractivity contribution is 5.90. The summed E-state index contributed by atoms with van der Waals surface area (Å²) in [6.07, 6.45) is 10.1. The van der Waals surface area contributed by atoms with E-state index in [0.717, 1.165) is 34.7 Å². The average molecular weight is 844 g/mol. The van der Waals surface area contributed by atoms with Gasteiger partial charge in [-0.1, -0.05) is 50.3 Å². The normalized spacial score (nSPS) is 43.1. The number of H-pyrrole nitrogens is 1. The molecule has 61 heavy (non-hydrogen) atoms. The first kappa shape index (κ1) is 41.5. The lowest BCUT2D eigenvalue weighted by Gasteiger charge is -2.72. The number of aromatic nitrogens is 1. The fourth-order valence-corrected chi connectivity index (χ4v) is 13.5. The van der Waals surface area contributed by atoms with Crippen molar-refractivity contribution in [2.24, 2.45) is 41.4 Å². The lowest BCUT2D eigenvalue weighted by atomic mass is 9.50. The van der Waals surface area contributed by atoms with E-state index in [2.05, 4.69) is 29.8 Å². The van der Waals surface area contributed by atoms with Gasteiger partial charge in [-0.3, -0.25) is 4.79 Å². The molecular weight excluding hydrogens is 783 g/mol. The number of rotatable bonds is 6. The molecule has 13 nitrogen and oxygen atoms in total. The van der Waals surface area contributed by atoms with E-state index >= 15 is 0 Å². The van der Waals surface area contributed by atoms with Gasteiger partial charge in [0.15, 0.2) is 16.8 Å². The van der Waals surface area contributed by atoms with Crippen molar-refractivity contribution in [3.05, 3.63) is 46.1 Å². The lowest BCUT2D eigenvalue weighted by Crippen LogP contribution is -2.91. The molecule has 1 aromatic heterocycles. The second-order valence-electron chi connectivity index (χ2n) is 19.7. The van der Waals surface area contributed by atoms with Gasteiger partial charge >= 0.3 is 11.9 Å². The summed E-state index contributed by atoms with van der Waals surface area (Å²) in [5.41, 5.74) is -3.49. The first-order valence-corrected chi connectivity index (χ1v) is 22.9. The van der Waals surface area contributed by atoms with Gasteiger partial charge in [-0.15, -0.1) is 5.92 Å². The molecule has 10 rings (SSSR count). The van der Waals surface area contributed by atoms with E-state index in [4.69, 9.17) is 23.7 Å². The summed E-state index contributed by atoms with van der Waals surface area (Å²) >= 11 is 0. The van der Waals surface area contributed by atoms with E-state index in [1.165, 1.54) is 26.4 Å². The fourth-order valence-electron chi connectivity index (χ4n) is 13.5. The molecule has 0 amide bonds. The van der Waals surface area contributed by atoms with Crippen molar-refractivity contribution in [1.82, 2.24) is 4.98 Å². The summed E-state index contributed by atoms with van der Waals surface area (Å²) in [6.45, 7) is 2.38. The largest absolute Gasteiger partial charge is 0.481 e. The zero-order chi connectivity index (χ0) is 42.5. The Morgan fingerprint density at radius 2 is 1.93 bits per heavy atom. The predicted octanol–water partition coefficient (Wildman–Crippen LogP) is 3.07. The second-order valence-corrected chi connectivity index (χ2v) is 19.7. The number of esters is 1. The highest BCUT2D eigenvalue weighted by atomic mass is 16.8. The van der Waals surface area contributed by atoms with Gasteiger partial charge in [0.1, 0.15) is 18.0 Å². The van der Waals surface area contributed by atoms with Crippen LogP contribution in [-0.2, 0) is 33.3 Å². The molecule has 9 bridgehead atoms. The first-order valence-electron chi connectivity index (χ1n) is 22.9. The molecule has 0 aromatic carbocycles. The van der Waals surface area contributed by atoms with Crippen molar-refractivity contribution < 1.29 is 58.8 Å². The number of ether oxygens (including phenoxy) is 5. The van der Waals surface area contributed by atoms with Crippen LogP contribution in [-0.4, -0.2) is 110 Å². The van der Waals surface area contributed by atoms with Crippen molar-refractivity contribution in [3.8, 4) is 11.8 Å². The summed E-state index contributed by atoms with van der Waals surface area (Å²) in [7, 11) is 1.28. The molecule has 5 aliphatic heterocycles. The maximum atomic E-state index is 13.5. The second kappa shape index (κ2) is 15.4. The van der Waals surface area contributed by atoms with Crippen LogP contribution in [0.2, 0.25) is 0 Å². The molecule has 9 aliphatic rings. The van der Waals surface area contributed by atoms with Gasteiger partial charge in [0, 0.05) is 60.3 Å². The molecule has 3 saturated heterocycles. The molecule has 4 aliphatic carbocycles. The number of aliphatic hydroxyl groups is 4. The maximum absolute atomic E-state index is 13.5. The quantitative estimate of drug-likeness (QED) is 0.139. The number of nitrogens with one attached hydrogen (secondary N) is 1. The molecule has 2 saturated carbocycles. The van der Waals surface area contributed by atoms with Gasteiger partial charge in [-0.2, -0.15) is 0 Å². The first-order chi connectivity index (χ1) is 29.4. The monoisotopic (exact) mass is 843 g/mol. The number of aliphatic hydroxyl groups excluding tert-OH is 3. The molecule has 5 fully saturated rings. The number of carboxylic acid groups (broad SMARTS) is 1. The van der Waals surface area contributed by atoms with E-state index in [-0.39, 0.29) is 62.2 Å². The van der Waals surface area contributed by atoms with Crippen LogP contribution >= 0.6 is 0 Å². The van der Waals surface area contributed by atoms with Crippen LogP contribution in [0, 0.1) is 53.3 Å².